The highest BCUT2D eigenvalue weighted by Gasteiger charge is 2.73. The summed E-state index contributed by atoms with van der Waals surface area (Å²) in [5.74, 6) is -1.74. The molecule has 2 heterocycles. The van der Waals surface area contributed by atoms with Crippen LogP contribution in [0.25, 0.3) is 0 Å². The van der Waals surface area contributed by atoms with E-state index >= 15 is 0 Å². The molecule has 0 bridgehead atoms. The number of likely N-dealkylation sites (tertiary alicyclic amines) is 1. The third kappa shape index (κ3) is 7.84. The maximum atomic E-state index is 14.9. The Morgan fingerprint density at radius 1 is 0.958 bits per heavy atom. The molecule has 2 fully saturated rings. The number of nitrogens with one attached hydrogen (secondary N) is 1. The van der Waals surface area contributed by atoms with Gasteiger partial charge < -0.3 is 15.2 Å². The molecule has 2 N–H and O–H groups in total. The number of aromatic nitrogens is 1. The third-order valence-corrected chi connectivity index (χ3v) is 8.21. The van der Waals surface area contributed by atoms with E-state index in [1.807, 2.05) is 0 Å². The molecular weight excluding hydrogens is 653 g/mol. The van der Waals surface area contributed by atoms with E-state index in [1.54, 1.807) is 20.8 Å². The van der Waals surface area contributed by atoms with Crippen LogP contribution in [0, 0.1) is 0 Å². The lowest BCUT2D eigenvalue weighted by atomic mass is 9.93. The summed E-state index contributed by atoms with van der Waals surface area (Å²) in [6, 6.07) is 1.36. The fourth-order valence-corrected chi connectivity index (χ4v) is 5.96. The maximum Gasteiger partial charge on any atom is 0.435 e. The Balaban J connectivity index is 1.86. The fraction of sp³-hybridized carbons (Fsp3) is 0.562. The van der Waals surface area contributed by atoms with Crippen LogP contribution in [-0.2, 0) is 20.0 Å². The average molecular weight is 691 g/mol. The largest absolute Gasteiger partial charge is 0.444 e. The molecule has 0 spiro atoms. The molecule has 0 radical (unpaired) electrons. The Kier molecular flexibility index (Phi) is 10.7. The van der Waals surface area contributed by atoms with Crippen LogP contribution >= 0.6 is 0 Å². The summed E-state index contributed by atoms with van der Waals surface area (Å²) in [6.45, 7) is 4.38. The number of β-amino-alcohol motifs (C(OH)–C–C–N with tert-alkyl or cyclic N) is 1. The smallest absolute Gasteiger partial charge is 0.435 e. The number of pyridine rings is 1. The van der Waals surface area contributed by atoms with Crippen LogP contribution in [0.5, 0.6) is 0 Å². The number of ether oxygens (including phenoxy) is 1. The molecule has 264 valence electrons. The van der Waals surface area contributed by atoms with Crippen molar-refractivity contribution in [3.63, 3.8) is 0 Å². The van der Waals surface area contributed by atoms with Crippen LogP contribution in [0.3, 0.4) is 0 Å². The maximum absolute atomic E-state index is 14.9. The summed E-state index contributed by atoms with van der Waals surface area (Å²) < 4.78 is 102. The van der Waals surface area contributed by atoms with Crippen LogP contribution in [-0.4, -0.2) is 75.6 Å². The molecule has 16 heteroatoms. The number of carbonyl (C=O) groups excluding carboxylic acids is 3. The predicted molar refractivity (Wildman–Crippen MR) is 158 cm³/mol. The van der Waals surface area contributed by atoms with Gasteiger partial charge in [-0.15, -0.1) is 0 Å². The number of hydrogen-bond acceptors (Lipinski definition) is 6. The van der Waals surface area contributed by atoms with Gasteiger partial charge in [-0.2, -0.15) is 26.3 Å². The standard InChI is InChI=1S/C32H37F7N4O5/c1-29(2,3)48-28(47)42-18-23(44)16-24(42)27(46)43(22-13-11-20(12-14-22)30(33,31(34,35)36)32(37,38)39)25(19-8-7-15-40-17-19)26(45)41-21-9-5-4-6-10-21/h7-8,11-15,17,21,23-25,44H,4-6,9-10,16,18H2,1-3H3,(H,41,45)/t23-,24-,25?/m1/s1. The van der Waals surface area contributed by atoms with Crippen molar-refractivity contribution in [2.75, 3.05) is 11.4 Å². The van der Waals surface area contributed by atoms with Crippen molar-refractivity contribution in [2.45, 2.75) is 107 Å². The lowest BCUT2D eigenvalue weighted by Crippen LogP contribution is -2.53. The Morgan fingerprint density at radius 3 is 2.08 bits per heavy atom. The van der Waals surface area contributed by atoms with Crippen molar-refractivity contribution in [1.29, 1.82) is 0 Å². The number of alkyl halides is 7. The van der Waals surface area contributed by atoms with E-state index in [2.05, 4.69) is 10.3 Å². The van der Waals surface area contributed by atoms with Crippen molar-refractivity contribution in [3.05, 3.63) is 59.9 Å². The Morgan fingerprint density at radius 2 is 1.56 bits per heavy atom. The lowest BCUT2D eigenvalue weighted by molar-refractivity contribution is -0.348. The van der Waals surface area contributed by atoms with Crippen LogP contribution in [0.15, 0.2) is 48.8 Å². The minimum Gasteiger partial charge on any atom is -0.444 e. The second-order valence-corrected chi connectivity index (χ2v) is 13.0. The van der Waals surface area contributed by atoms with Crippen molar-refractivity contribution < 1.29 is 55.0 Å². The quantitative estimate of drug-likeness (QED) is 0.332. The van der Waals surface area contributed by atoms with Gasteiger partial charge in [-0.3, -0.25) is 24.4 Å². The van der Waals surface area contributed by atoms with Gasteiger partial charge in [0.15, 0.2) is 0 Å². The van der Waals surface area contributed by atoms with E-state index in [-0.39, 0.29) is 42.4 Å². The van der Waals surface area contributed by atoms with E-state index in [0.717, 1.165) is 29.1 Å². The van der Waals surface area contributed by atoms with Gasteiger partial charge in [0.05, 0.1) is 12.6 Å². The number of nitrogens with zero attached hydrogens (tertiary/aromatic N) is 3. The predicted octanol–water partition coefficient (Wildman–Crippen LogP) is 6.26. The Bertz CT molecular complexity index is 1430. The summed E-state index contributed by atoms with van der Waals surface area (Å²) >= 11 is 0. The van der Waals surface area contributed by atoms with E-state index in [1.165, 1.54) is 24.5 Å². The molecule has 4 rings (SSSR count). The van der Waals surface area contributed by atoms with Crippen LogP contribution < -0.4 is 10.2 Å². The topological polar surface area (TPSA) is 112 Å². The molecule has 1 saturated carbocycles. The van der Waals surface area contributed by atoms with E-state index in [4.69, 9.17) is 4.74 Å². The number of rotatable bonds is 7. The van der Waals surface area contributed by atoms with Gasteiger partial charge in [-0.05, 0) is 51.8 Å². The number of hydrogen-bond donors (Lipinski definition) is 2. The monoisotopic (exact) mass is 690 g/mol. The Hall–Kier alpha value is -3.95. The average Bonchev–Trinajstić information content (AvgIpc) is 3.40. The third-order valence-electron chi connectivity index (χ3n) is 8.21. The van der Waals surface area contributed by atoms with Crippen molar-refractivity contribution in [2.24, 2.45) is 0 Å². The summed E-state index contributed by atoms with van der Waals surface area (Å²) in [7, 11) is 0. The molecule has 9 nitrogen and oxygen atoms in total. The highest BCUT2D eigenvalue weighted by molar-refractivity contribution is 6.05. The first-order valence-electron chi connectivity index (χ1n) is 15.4. The van der Waals surface area contributed by atoms with Crippen LogP contribution in [0.1, 0.15) is 76.5 Å². The van der Waals surface area contributed by atoms with E-state index < -0.39 is 65.3 Å². The molecule has 2 aliphatic rings. The molecule has 1 saturated heterocycles. The molecule has 1 aliphatic carbocycles. The first kappa shape index (κ1) is 36.9. The summed E-state index contributed by atoms with van der Waals surface area (Å²) in [4.78, 5) is 47.5. The number of anilines is 1. The zero-order valence-electron chi connectivity index (χ0n) is 26.4. The molecule has 1 aromatic carbocycles. The molecule has 3 atom stereocenters. The van der Waals surface area contributed by atoms with E-state index in [9.17, 15) is 50.2 Å². The molecule has 1 aliphatic heterocycles. The van der Waals surface area contributed by atoms with E-state index in [0.29, 0.717) is 25.0 Å². The van der Waals surface area contributed by atoms with Gasteiger partial charge in [0.2, 0.25) is 5.91 Å². The zero-order valence-corrected chi connectivity index (χ0v) is 26.4. The van der Waals surface area contributed by atoms with Gasteiger partial charge in [0.1, 0.15) is 17.7 Å². The molecule has 3 amide bonds. The minimum atomic E-state index is -6.38. The van der Waals surface area contributed by atoms with Crippen molar-refractivity contribution in [3.8, 4) is 0 Å². The molecular formula is C32H37F7N4O5. The number of aliphatic hydroxyl groups excluding tert-OH is 1. The molecule has 48 heavy (non-hydrogen) atoms. The SMILES string of the molecule is CC(C)(C)OC(=O)N1C[C@H](O)C[C@@H]1C(=O)N(c1ccc(C(F)(C(F)(F)F)C(F)(F)F)cc1)C(C(=O)NC1CCCCC1)c1cccnc1. The Labute approximate surface area is 272 Å². The molecule has 1 aromatic heterocycles. The lowest BCUT2D eigenvalue weighted by Gasteiger charge is -2.37. The minimum absolute atomic E-state index is 0.121. The number of halogens is 7. The van der Waals surface area contributed by atoms with Gasteiger partial charge in [-0.1, -0.05) is 37.5 Å². The number of carbonyl (C=O) groups is 3. The number of amides is 3. The number of aliphatic hydroxyl groups is 1. The highest BCUT2D eigenvalue weighted by Crippen LogP contribution is 2.53. The van der Waals surface area contributed by atoms with Gasteiger partial charge in [0.25, 0.3) is 5.91 Å². The fourth-order valence-electron chi connectivity index (χ4n) is 5.96. The van der Waals surface area contributed by atoms with Gasteiger partial charge in [0, 0.05) is 41.7 Å². The normalized spacial score (nSPS) is 20.3. The van der Waals surface area contributed by atoms with Crippen molar-refractivity contribution >= 4 is 23.6 Å². The van der Waals surface area contributed by atoms with Gasteiger partial charge in [-0.25, -0.2) is 9.18 Å². The summed E-state index contributed by atoms with van der Waals surface area (Å²) in [5, 5.41) is 13.4. The second-order valence-electron chi connectivity index (χ2n) is 13.0. The molecule has 1 unspecified atom stereocenters. The van der Waals surface area contributed by atoms with Crippen molar-refractivity contribution in [1.82, 2.24) is 15.2 Å². The van der Waals surface area contributed by atoms with Crippen LogP contribution in [0.4, 0.5) is 41.2 Å². The second kappa shape index (κ2) is 13.9. The first-order valence-corrected chi connectivity index (χ1v) is 15.4. The van der Waals surface area contributed by atoms with Crippen LogP contribution in [0.2, 0.25) is 0 Å². The summed E-state index contributed by atoms with van der Waals surface area (Å²) in [5.41, 5.74) is -8.81. The summed E-state index contributed by atoms with van der Waals surface area (Å²) in [6.07, 6.45) is -8.79. The first-order chi connectivity index (χ1) is 22.2. The van der Waals surface area contributed by atoms with Gasteiger partial charge >= 0.3 is 24.1 Å². The zero-order chi connectivity index (χ0) is 35.7. The highest BCUT2D eigenvalue weighted by atomic mass is 19.4. The number of benzene rings is 1. The molecule has 2 aromatic rings.